The van der Waals surface area contributed by atoms with Gasteiger partial charge >= 0.3 is 0 Å². The Kier molecular flexibility index (Phi) is 4.95. The summed E-state index contributed by atoms with van der Waals surface area (Å²) < 4.78 is 0. The van der Waals surface area contributed by atoms with Crippen molar-refractivity contribution in [1.29, 1.82) is 0 Å². The first-order valence-electron chi connectivity index (χ1n) is 8.71. The summed E-state index contributed by atoms with van der Waals surface area (Å²) in [4.78, 5) is 5.06. The van der Waals surface area contributed by atoms with Gasteiger partial charge in [-0.3, -0.25) is 4.99 Å². The molecular weight excluding hydrogens is 264 g/mol. The van der Waals surface area contributed by atoms with Crippen LogP contribution in [0, 0.1) is 17.8 Å². The maximum Gasteiger partial charge on any atom is 0.157 e. The fraction of sp³-hybridized carbons (Fsp3) is 0.941. The first-order valence-corrected chi connectivity index (χ1v) is 9.69. The zero-order valence-electron chi connectivity index (χ0n) is 13.1. The van der Waals surface area contributed by atoms with Crippen molar-refractivity contribution in [3.63, 3.8) is 0 Å². The van der Waals surface area contributed by atoms with Gasteiger partial charge in [-0.2, -0.15) is 0 Å². The van der Waals surface area contributed by atoms with Crippen molar-refractivity contribution in [3.05, 3.63) is 0 Å². The highest BCUT2D eigenvalue weighted by atomic mass is 32.2. The number of amidine groups is 1. The largest absolute Gasteiger partial charge is 0.362 e. The Bertz CT molecular complexity index is 353. The van der Waals surface area contributed by atoms with E-state index in [1.165, 1.54) is 62.3 Å². The van der Waals surface area contributed by atoms with Crippen molar-refractivity contribution in [2.24, 2.45) is 22.7 Å². The van der Waals surface area contributed by atoms with Crippen LogP contribution in [0.15, 0.2) is 4.99 Å². The molecule has 3 rings (SSSR count). The van der Waals surface area contributed by atoms with Crippen LogP contribution in [0.4, 0.5) is 0 Å². The number of fused-ring (bicyclic) bond motifs is 1. The molecule has 0 bridgehead atoms. The van der Waals surface area contributed by atoms with Crippen LogP contribution in [0.1, 0.15) is 65.2 Å². The van der Waals surface area contributed by atoms with Crippen molar-refractivity contribution in [2.45, 2.75) is 77.3 Å². The molecule has 2 fully saturated rings. The third kappa shape index (κ3) is 3.35. The first-order chi connectivity index (χ1) is 9.74. The topological polar surface area (TPSA) is 24.4 Å². The summed E-state index contributed by atoms with van der Waals surface area (Å²) in [7, 11) is 0. The van der Waals surface area contributed by atoms with Crippen LogP contribution < -0.4 is 5.32 Å². The minimum absolute atomic E-state index is 0.633. The van der Waals surface area contributed by atoms with Gasteiger partial charge in [0.1, 0.15) is 0 Å². The van der Waals surface area contributed by atoms with Gasteiger partial charge in [-0.1, -0.05) is 51.3 Å². The van der Waals surface area contributed by atoms with Crippen LogP contribution in [0.25, 0.3) is 0 Å². The molecule has 0 radical (unpaired) electrons. The van der Waals surface area contributed by atoms with E-state index in [2.05, 4.69) is 19.2 Å². The van der Waals surface area contributed by atoms with Crippen LogP contribution in [0.2, 0.25) is 0 Å². The average Bonchev–Trinajstić information content (AvgIpc) is 2.47. The fourth-order valence-electron chi connectivity index (χ4n) is 4.30. The lowest BCUT2D eigenvalue weighted by Crippen LogP contribution is -2.45. The van der Waals surface area contributed by atoms with E-state index in [9.17, 15) is 0 Å². The molecule has 1 heterocycles. The zero-order chi connectivity index (χ0) is 13.9. The molecule has 0 aromatic heterocycles. The highest BCUT2D eigenvalue weighted by molar-refractivity contribution is 8.13. The number of nitrogens with zero attached hydrogens (tertiary/aromatic N) is 1. The molecule has 2 nitrogen and oxygen atoms in total. The normalized spacial score (nSPS) is 38.2. The summed E-state index contributed by atoms with van der Waals surface area (Å²) >= 11 is 2.00. The van der Waals surface area contributed by atoms with Gasteiger partial charge in [0.2, 0.25) is 0 Å². The summed E-state index contributed by atoms with van der Waals surface area (Å²) in [5.41, 5.74) is 0. The minimum Gasteiger partial charge on any atom is -0.362 e. The van der Waals surface area contributed by atoms with E-state index >= 15 is 0 Å². The monoisotopic (exact) mass is 294 g/mol. The predicted molar refractivity (Wildman–Crippen MR) is 89.4 cm³/mol. The van der Waals surface area contributed by atoms with Crippen LogP contribution >= 0.6 is 11.8 Å². The van der Waals surface area contributed by atoms with Gasteiger partial charge in [0, 0.05) is 11.8 Å². The highest BCUT2D eigenvalue weighted by Gasteiger charge is 2.32. The molecule has 1 N–H and O–H groups in total. The van der Waals surface area contributed by atoms with Crippen LogP contribution in [0.5, 0.6) is 0 Å². The number of thioether (sulfide) groups is 1. The second-order valence-electron chi connectivity index (χ2n) is 7.30. The maximum atomic E-state index is 5.06. The van der Waals surface area contributed by atoms with Gasteiger partial charge in [0.25, 0.3) is 0 Å². The van der Waals surface area contributed by atoms with Gasteiger partial charge < -0.3 is 5.32 Å². The van der Waals surface area contributed by atoms with Gasteiger partial charge in [0.05, 0.1) is 6.04 Å². The second kappa shape index (κ2) is 6.72. The molecule has 0 aromatic carbocycles. The van der Waals surface area contributed by atoms with Gasteiger partial charge in [0.15, 0.2) is 5.17 Å². The fourth-order valence-corrected chi connectivity index (χ4v) is 5.51. The molecular formula is C17H30N2S. The number of aliphatic imine (C=N–C) groups is 1. The number of hydrogen-bond donors (Lipinski definition) is 1. The summed E-state index contributed by atoms with van der Waals surface area (Å²) in [5.74, 6) is 3.81. The van der Waals surface area contributed by atoms with Crippen LogP contribution in [-0.4, -0.2) is 23.0 Å². The molecule has 2 saturated carbocycles. The summed E-state index contributed by atoms with van der Waals surface area (Å²) in [6.07, 6.45) is 11.1. The Balaban J connectivity index is 1.63. The molecule has 3 heteroatoms. The second-order valence-corrected chi connectivity index (χ2v) is 8.31. The van der Waals surface area contributed by atoms with E-state index < -0.39 is 0 Å². The van der Waals surface area contributed by atoms with Crippen molar-refractivity contribution in [2.75, 3.05) is 5.75 Å². The molecule has 0 aromatic rings. The number of hydrogen-bond acceptors (Lipinski definition) is 3. The molecule has 4 unspecified atom stereocenters. The Labute approximate surface area is 128 Å². The van der Waals surface area contributed by atoms with E-state index in [1.807, 2.05) is 11.8 Å². The first kappa shape index (κ1) is 14.7. The van der Waals surface area contributed by atoms with Crippen molar-refractivity contribution < 1.29 is 0 Å². The Hall–Kier alpha value is -0.180. The third-order valence-electron chi connectivity index (χ3n) is 5.57. The van der Waals surface area contributed by atoms with Crippen molar-refractivity contribution in [3.8, 4) is 0 Å². The lowest BCUT2D eigenvalue weighted by molar-refractivity contribution is 0.224. The maximum absolute atomic E-state index is 5.06. The molecule has 0 saturated heterocycles. The van der Waals surface area contributed by atoms with Crippen LogP contribution in [-0.2, 0) is 0 Å². The van der Waals surface area contributed by atoms with E-state index in [0.717, 1.165) is 17.8 Å². The Morgan fingerprint density at radius 1 is 1.05 bits per heavy atom. The van der Waals surface area contributed by atoms with E-state index in [1.54, 1.807) is 0 Å². The number of nitrogens with one attached hydrogen (secondary N) is 1. The minimum atomic E-state index is 0.633. The van der Waals surface area contributed by atoms with E-state index in [-0.39, 0.29) is 0 Å². The van der Waals surface area contributed by atoms with Crippen LogP contribution in [0.3, 0.4) is 0 Å². The van der Waals surface area contributed by atoms with Crippen molar-refractivity contribution >= 4 is 16.9 Å². The predicted octanol–water partition coefficient (Wildman–Crippen LogP) is 4.45. The van der Waals surface area contributed by atoms with Gasteiger partial charge in [-0.15, -0.1) is 0 Å². The molecule has 114 valence electrons. The number of rotatable bonds is 2. The van der Waals surface area contributed by atoms with E-state index in [0.29, 0.717) is 12.1 Å². The summed E-state index contributed by atoms with van der Waals surface area (Å²) in [6.45, 7) is 4.77. The highest BCUT2D eigenvalue weighted by Crippen LogP contribution is 2.35. The quantitative estimate of drug-likeness (QED) is 0.813. The summed E-state index contributed by atoms with van der Waals surface area (Å²) in [6, 6.07) is 1.31. The molecule has 1 aliphatic heterocycles. The molecule has 0 spiro atoms. The zero-order valence-corrected chi connectivity index (χ0v) is 13.9. The lowest BCUT2D eigenvalue weighted by Gasteiger charge is -2.38. The van der Waals surface area contributed by atoms with E-state index in [4.69, 9.17) is 4.99 Å². The molecule has 4 atom stereocenters. The Morgan fingerprint density at radius 3 is 2.65 bits per heavy atom. The van der Waals surface area contributed by atoms with Crippen molar-refractivity contribution in [1.82, 2.24) is 5.32 Å². The van der Waals surface area contributed by atoms with Gasteiger partial charge in [-0.25, -0.2) is 0 Å². The average molecular weight is 295 g/mol. The summed E-state index contributed by atoms with van der Waals surface area (Å²) in [5, 5.41) is 5.10. The smallest absolute Gasteiger partial charge is 0.157 e. The third-order valence-corrected chi connectivity index (χ3v) is 6.66. The molecule has 0 amide bonds. The molecule has 3 aliphatic rings. The molecule has 2 aliphatic carbocycles. The SMILES string of the molecule is CC(C)C1CCCCC1NC1=NC2CCCCC2CS1. The molecule has 20 heavy (non-hydrogen) atoms. The lowest BCUT2D eigenvalue weighted by atomic mass is 9.78. The van der Waals surface area contributed by atoms with Gasteiger partial charge in [-0.05, 0) is 43.4 Å². The standard InChI is InChI=1S/C17H30N2S/c1-12(2)14-8-4-6-10-16(14)19-17-18-15-9-5-3-7-13(15)11-20-17/h12-16H,3-11H2,1-2H3,(H,18,19). The Morgan fingerprint density at radius 2 is 1.80 bits per heavy atom.